The molecule has 1 aliphatic rings. The highest BCUT2D eigenvalue weighted by Crippen LogP contribution is 2.30. The van der Waals surface area contributed by atoms with E-state index < -0.39 is 34.7 Å². The zero-order chi connectivity index (χ0) is 21.0. The molecule has 0 aliphatic carbocycles. The number of benzene rings is 2. The normalized spacial score (nSPS) is 16.1. The van der Waals surface area contributed by atoms with Crippen LogP contribution in [-0.4, -0.2) is 50.3 Å². The van der Waals surface area contributed by atoms with Crippen LogP contribution in [0.5, 0.6) is 5.75 Å². The Hall–Kier alpha value is -2.95. The van der Waals surface area contributed by atoms with Crippen LogP contribution in [0.3, 0.4) is 0 Å². The van der Waals surface area contributed by atoms with Crippen LogP contribution in [0.4, 0.5) is 0 Å². The summed E-state index contributed by atoms with van der Waals surface area (Å²) in [7, 11) is -3.84. The number of hydrogen-bond acceptors (Lipinski definition) is 6. The number of ether oxygens (including phenoxy) is 2. The van der Waals surface area contributed by atoms with Gasteiger partial charge in [0.05, 0.1) is 23.2 Å². The van der Waals surface area contributed by atoms with Crippen molar-refractivity contribution in [2.24, 2.45) is 0 Å². The average molecular weight is 421 g/mol. The molecule has 2 aromatic carbocycles. The van der Waals surface area contributed by atoms with Crippen LogP contribution in [0.1, 0.15) is 27.6 Å². The van der Waals surface area contributed by atoms with Crippen LogP contribution in [0.2, 0.25) is 0 Å². The van der Waals surface area contributed by atoms with Gasteiger partial charge in [-0.15, -0.1) is 0 Å². The molecule has 1 heterocycles. The molecular weight excluding hydrogens is 402 g/mol. The lowest BCUT2D eigenvalue weighted by Gasteiger charge is -2.26. The van der Waals surface area contributed by atoms with Gasteiger partial charge >= 0.3 is 11.9 Å². The van der Waals surface area contributed by atoms with Crippen molar-refractivity contribution in [1.82, 2.24) is 4.72 Å². The number of rotatable bonds is 8. The molecule has 0 saturated heterocycles. The van der Waals surface area contributed by atoms with Gasteiger partial charge in [0.2, 0.25) is 10.0 Å². The Morgan fingerprint density at radius 1 is 1.14 bits per heavy atom. The molecule has 3 N–H and O–H groups in total. The van der Waals surface area contributed by atoms with Gasteiger partial charge in [-0.3, -0.25) is 0 Å². The van der Waals surface area contributed by atoms with Crippen molar-refractivity contribution in [2.45, 2.75) is 17.4 Å². The van der Waals surface area contributed by atoms with Crippen molar-refractivity contribution >= 4 is 22.0 Å². The van der Waals surface area contributed by atoms with Crippen molar-refractivity contribution in [3.05, 3.63) is 59.2 Å². The Bertz CT molecular complexity index is 1020. The zero-order valence-electron chi connectivity index (χ0n) is 15.2. The zero-order valence-corrected chi connectivity index (χ0v) is 16.0. The molecule has 10 heteroatoms. The number of aromatic carboxylic acids is 1. The molecule has 154 valence electrons. The Morgan fingerprint density at radius 3 is 2.52 bits per heavy atom. The molecule has 0 saturated carbocycles. The van der Waals surface area contributed by atoms with E-state index in [1.165, 1.54) is 24.3 Å². The molecule has 0 aromatic heterocycles. The fourth-order valence-electron chi connectivity index (χ4n) is 2.96. The van der Waals surface area contributed by atoms with Gasteiger partial charge in [-0.05, 0) is 53.9 Å². The minimum atomic E-state index is -3.84. The van der Waals surface area contributed by atoms with Gasteiger partial charge in [-0.2, -0.15) is 0 Å². The quantitative estimate of drug-likeness (QED) is 0.582. The molecule has 1 atom stereocenters. The maximum absolute atomic E-state index is 12.5. The van der Waals surface area contributed by atoms with Crippen molar-refractivity contribution in [3.63, 3.8) is 0 Å². The van der Waals surface area contributed by atoms with Crippen molar-refractivity contribution in [2.75, 3.05) is 19.8 Å². The summed E-state index contributed by atoms with van der Waals surface area (Å²) in [5.41, 5.74) is 1.69. The molecule has 29 heavy (non-hydrogen) atoms. The maximum atomic E-state index is 12.5. The fourth-order valence-corrected chi connectivity index (χ4v) is 3.99. The number of nitrogens with one attached hydrogen (secondary N) is 1. The van der Waals surface area contributed by atoms with Gasteiger partial charge in [0.15, 0.2) is 6.61 Å². The lowest BCUT2D eigenvalue weighted by atomic mass is 9.97. The average Bonchev–Trinajstić information content (AvgIpc) is 2.70. The van der Waals surface area contributed by atoms with E-state index in [0.717, 1.165) is 11.1 Å². The number of carboxylic acids is 2. The van der Waals surface area contributed by atoms with Crippen LogP contribution in [-0.2, 0) is 26.0 Å². The van der Waals surface area contributed by atoms with Gasteiger partial charge in [0, 0.05) is 6.54 Å². The number of fused-ring (bicyclic) bond motifs is 1. The summed E-state index contributed by atoms with van der Waals surface area (Å²) in [5.74, 6) is -1.79. The summed E-state index contributed by atoms with van der Waals surface area (Å²) in [6, 6.07) is 9.98. The van der Waals surface area contributed by atoms with Crippen molar-refractivity contribution < 1.29 is 37.7 Å². The van der Waals surface area contributed by atoms with Crippen molar-refractivity contribution in [3.8, 4) is 5.75 Å². The molecule has 2 aromatic rings. The number of carboxylic acid groups (broad SMARTS) is 2. The van der Waals surface area contributed by atoms with Crippen LogP contribution < -0.4 is 9.46 Å². The van der Waals surface area contributed by atoms with E-state index in [1.807, 2.05) is 0 Å². The number of hydrogen-bond donors (Lipinski definition) is 3. The molecular formula is C19H19NO8S. The van der Waals surface area contributed by atoms with Crippen LogP contribution in [0.25, 0.3) is 0 Å². The molecule has 3 rings (SSSR count). The molecule has 0 amide bonds. The minimum Gasteiger partial charge on any atom is -0.482 e. The minimum absolute atomic E-state index is 0.00517. The Labute approximate surface area is 166 Å². The molecule has 0 radical (unpaired) electrons. The van der Waals surface area contributed by atoms with Gasteiger partial charge in [-0.25, -0.2) is 22.7 Å². The Balaban J connectivity index is 1.70. The first-order valence-corrected chi connectivity index (χ1v) is 10.2. The first-order chi connectivity index (χ1) is 13.8. The van der Waals surface area contributed by atoms with E-state index in [0.29, 0.717) is 18.8 Å². The van der Waals surface area contributed by atoms with E-state index in [1.54, 1.807) is 18.2 Å². The summed E-state index contributed by atoms with van der Waals surface area (Å²) >= 11 is 0. The molecule has 0 fully saturated rings. The lowest BCUT2D eigenvalue weighted by Crippen LogP contribution is -2.32. The van der Waals surface area contributed by atoms with Crippen LogP contribution >= 0.6 is 0 Å². The van der Waals surface area contributed by atoms with Gasteiger partial charge < -0.3 is 19.7 Å². The second-order valence-corrected chi connectivity index (χ2v) is 8.10. The first-order valence-electron chi connectivity index (χ1n) is 8.68. The van der Waals surface area contributed by atoms with Crippen molar-refractivity contribution in [1.29, 1.82) is 0 Å². The van der Waals surface area contributed by atoms with Gasteiger partial charge in [-0.1, -0.05) is 6.07 Å². The fraction of sp³-hybridized carbons (Fsp3) is 0.263. The lowest BCUT2D eigenvalue weighted by molar-refractivity contribution is -0.139. The van der Waals surface area contributed by atoms with E-state index in [-0.39, 0.29) is 17.0 Å². The highest BCUT2D eigenvalue weighted by molar-refractivity contribution is 7.89. The second-order valence-electron chi connectivity index (χ2n) is 6.33. The third kappa shape index (κ3) is 5.11. The highest BCUT2D eigenvalue weighted by Gasteiger charge is 2.24. The molecule has 1 aliphatic heterocycles. The highest BCUT2D eigenvalue weighted by atomic mass is 32.2. The summed E-state index contributed by atoms with van der Waals surface area (Å²) in [6.07, 6.45) is 0.0832. The molecule has 0 bridgehead atoms. The van der Waals surface area contributed by atoms with Crippen LogP contribution in [0, 0.1) is 0 Å². The molecule has 0 spiro atoms. The van der Waals surface area contributed by atoms with E-state index in [9.17, 15) is 18.0 Å². The number of carbonyl (C=O) groups is 2. The van der Waals surface area contributed by atoms with Gasteiger partial charge in [0.1, 0.15) is 5.75 Å². The third-order valence-electron chi connectivity index (χ3n) is 4.38. The molecule has 1 unspecified atom stereocenters. The van der Waals surface area contributed by atoms with E-state index in [2.05, 4.69) is 4.72 Å². The predicted octanol–water partition coefficient (Wildman–Crippen LogP) is 1.44. The smallest absolute Gasteiger partial charge is 0.341 e. The summed E-state index contributed by atoms with van der Waals surface area (Å²) in [6.45, 7) is -0.0698. The number of aliphatic carboxylic acids is 1. The van der Waals surface area contributed by atoms with E-state index >= 15 is 0 Å². The topological polar surface area (TPSA) is 139 Å². The number of sulfonamides is 1. The largest absolute Gasteiger partial charge is 0.482 e. The predicted molar refractivity (Wildman–Crippen MR) is 101 cm³/mol. The standard InChI is InChI=1S/C19H19NO8S/c21-18(22)11-28-14-3-6-16-13(9-14)7-8-27-17(16)10-20-29(25,26)15-4-1-12(2-5-15)19(23)24/h1-6,9,17,20H,7-8,10-11H2,(H,21,22)(H,23,24). The van der Waals surface area contributed by atoms with Gasteiger partial charge in [0.25, 0.3) is 0 Å². The Morgan fingerprint density at radius 2 is 1.86 bits per heavy atom. The second kappa shape index (κ2) is 8.60. The Kier molecular flexibility index (Phi) is 6.16. The summed E-state index contributed by atoms with van der Waals surface area (Å²) in [4.78, 5) is 21.5. The summed E-state index contributed by atoms with van der Waals surface area (Å²) in [5, 5.41) is 17.6. The van der Waals surface area contributed by atoms with E-state index in [4.69, 9.17) is 19.7 Å². The SMILES string of the molecule is O=C(O)COc1ccc2c(c1)CCOC2CNS(=O)(=O)c1ccc(C(=O)O)cc1. The van der Waals surface area contributed by atoms with Crippen LogP contribution in [0.15, 0.2) is 47.4 Å². The monoisotopic (exact) mass is 421 g/mol. The summed E-state index contributed by atoms with van der Waals surface area (Å²) < 4.78 is 38.3. The first kappa shape index (κ1) is 20.8. The third-order valence-corrected chi connectivity index (χ3v) is 5.82. The maximum Gasteiger partial charge on any atom is 0.341 e. The molecule has 9 nitrogen and oxygen atoms in total.